The van der Waals surface area contributed by atoms with Crippen molar-refractivity contribution in [1.29, 1.82) is 0 Å². The quantitative estimate of drug-likeness (QED) is 0.769. The van der Waals surface area contributed by atoms with Gasteiger partial charge in [-0.05, 0) is 55.8 Å². The number of hydrogen-bond acceptors (Lipinski definition) is 4. The minimum absolute atomic E-state index is 0.0283. The first kappa shape index (κ1) is 18.7. The van der Waals surface area contributed by atoms with Crippen molar-refractivity contribution in [2.45, 2.75) is 45.8 Å². The van der Waals surface area contributed by atoms with E-state index in [0.717, 1.165) is 10.2 Å². The molecule has 0 aliphatic carbocycles. The van der Waals surface area contributed by atoms with Crippen LogP contribution in [-0.2, 0) is 16.0 Å². The molecule has 1 aliphatic rings. The zero-order valence-corrected chi connectivity index (χ0v) is 16.2. The molecule has 0 bridgehead atoms. The van der Waals surface area contributed by atoms with Gasteiger partial charge in [0.2, 0.25) is 5.91 Å². The van der Waals surface area contributed by atoms with Crippen LogP contribution in [0.1, 0.15) is 33.4 Å². The number of nitrogens with zero attached hydrogens (tertiary/aromatic N) is 3. The summed E-state index contributed by atoms with van der Waals surface area (Å²) in [6, 6.07) is 3.64. The van der Waals surface area contributed by atoms with Crippen LogP contribution in [0.2, 0.25) is 0 Å². The smallest absolute Gasteiger partial charge is 0.410 e. The Labute approximate surface area is 151 Å². The molecule has 1 aromatic rings. The van der Waals surface area contributed by atoms with Crippen LogP contribution in [-0.4, -0.2) is 58.1 Å². The number of halogens is 1. The van der Waals surface area contributed by atoms with E-state index in [9.17, 15) is 9.59 Å². The van der Waals surface area contributed by atoms with Crippen molar-refractivity contribution >= 4 is 27.9 Å². The van der Waals surface area contributed by atoms with Gasteiger partial charge in [-0.3, -0.25) is 9.78 Å². The lowest BCUT2D eigenvalue weighted by Gasteiger charge is -2.40. The lowest BCUT2D eigenvalue weighted by molar-refractivity contribution is -0.133. The van der Waals surface area contributed by atoms with Gasteiger partial charge in [0, 0.05) is 42.0 Å². The van der Waals surface area contributed by atoms with E-state index >= 15 is 0 Å². The first-order valence-electron chi connectivity index (χ1n) is 8.03. The number of piperazine rings is 1. The highest BCUT2D eigenvalue weighted by Crippen LogP contribution is 2.16. The molecule has 1 aliphatic heterocycles. The highest BCUT2D eigenvalue weighted by atomic mass is 79.9. The zero-order valence-electron chi connectivity index (χ0n) is 14.6. The predicted octanol–water partition coefficient (Wildman–Crippen LogP) is 2.85. The molecule has 1 atom stereocenters. The largest absolute Gasteiger partial charge is 0.444 e. The lowest BCUT2D eigenvalue weighted by Crippen LogP contribution is -2.56. The molecule has 7 heteroatoms. The number of ether oxygens (including phenoxy) is 1. The molecular formula is C17H24BrN3O3. The number of rotatable bonds is 2. The Bertz CT molecular complexity index is 598. The van der Waals surface area contributed by atoms with E-state index in [1.54, 1.807) is 16.0 Å². The first-order valence-corrected chi connectivity index (χ1v) is 8.83. The molecule has 1 unspecified atom stereocenters. The minimum atomic E-state index is -0.517. The van der Waals surface area contributed by atoms with E-state index < -0.39 is 5.60 Å². The monoisotopic (exact) mass is 397 g/mol. The number of carbonyl (C=O) groups excluding carboxylic acids is 2. The fraction of sp³-hybridized carbons (Fsp3) is 0.588. The topological polar surface area (TPSA) is 62.7 Å². The van der Waals surface area contributed by atoms with Crippen molar-refractivity contribution in [3.05, 3.63) is 28.5 Å². The number of carbonyl (C=O) groups is 2. The van der Waals surface area contributed by atoms with E-state index in [0.29, 0.717) is 19.6 Å². The maximum absolute atomic E-state index is 12.4. The van der Waals surface area contributed by atoms with Gasteiger partial charge in [-0.15, -0.1) is 0 Å². The van der Waals surface area contributed by atoms with E-state index in [4.69, 9.17) is 4.74 Å². The Kier molecular flexibility index (Phi) is 5.85. The van der Waals surface area contributed by atoms with Gasteiger partial charge < -0.3 is 14.5 Å². The van der Waals surface area contributed by atoms with Gasteiger partial charge in [0.1, 0.15) is 5.60 Å². The molecule has 24 heavy (non-hydrogen) atoms. The molecule has 2 amide bonds. The van der Waals surface area contributed by atoms with E-state index in [1.807, 2.05) is 39.8 Å². The lowest BCUT2D eigenvalue weighted by atomic mass is 10.1. The van der Waals surface area contributed by atoms with Gasteiger partial charge in [0.05, 0.1) is 6.42 Å². The SMILES string of the molecule is CC1CN(C(=O)Cc2ccc(Br)cn2)CCN1C(=O)OC(C)(C)C. The maximum Gasteiger partial charge on any atom is 0.410 e. The van der Waals surface area contributed by atoms with Gasteiger partial charge in [0.25, 0.3) is 0 Å². The number of amides is 2. The molecule has 132 valence electrons. The Balaban J connectivity index is 1.91. The fourth-order valence-electron chi connectivity index (χ4n) is 2.55. The van der Waals surface area contributed by atoms with Gasteiger partial charge in [-0.25, -0.2) is 4.79 Å². The third kappa shape index (κ3) is 5.19. The summed E-state index contributed by atoms with van der Waals surface area (Å²) in [4.78, 5) is 32.4. The van der Waals surface area contributed by atoms with Crippen molar-refractivity contribution < 1.29 is 14.3 Å². The molecule has 1 saturated heterocycles. The Morgan fingerprint density at radius 3 is 2.58 bits per heavy atom. The first-order chi connectivity index (χ1) is 11.2. The zero-order chi connectivity index (χ0) is 17.9. The summed E-state index contributed by atoms with van der Waals surface area (Å²) in [5, 5.41) is 0. The van der Waals surface area contributed by atoms with Crippen LogP contribution in [0.15, 0.2) is 22.8 Å². The summed E-state index contributed by atoms with van der Waals surface area (Å²) in [6.45, 7) is 8.98. The van der Waals surface area contributed by atoms with Crippen LogP contribution < -0.4 is 0 Å². The average Bonchev–Trinajstić information content (AvgIpc) is 2.47. The third-order valence-electron chi connectivity index (χ3n) is 3.73. The summed E-state index contributed by atoms with van der Waals surface area (Å²) in [5.41, 5.74) is 0.224. The fourth-order valence-corrected chi connectivity index (χ4v) is 2.79. The minimum Gasteiger partial charge on any atom is -0.444 e. The second kappa shape index (κ2) is 7.51. The van der Waals surface area contributed by atoms with Crippen molar-refractivity contribution in [2.75, 3.05) is 19.6 Å². The average molecular weight is 398 g/mol. The molecule has 1 fully saturated rings. The van der Waals surface area contributed by atoms with Gasteiger partial charge in [-0.2, -0.15) is 0 Å². The molecule has 0 radical (unpaired) electrons. The van der Waals surface area contributed by atoms with Crippen molar-refractivity contribution in [3.63, 3.8) is 0 Å². The van der Waals surface area contributed by atoms with Crippen molar-refractivity contribution in [3.8, 4) is 0 Å². The molecule has 6 nitrogen and oxygen atoms in total. The second-order valence-electron chi connectivity index (χ2n) is 7.01. The van der Waals surface area contributed by atoms with Gasteiger partial charge in [-0.1, -0.05) is 0 Å². The van der Waals surface area contributed by atoms with Crippen LogP contribution in [0.5, 0.6) is 0 Å². The molecule has 0 spiro atoms. The van der Waals surface area contributed by atoms with Crippen molar-refractivity contribution in [1.82, 2.24) is 14.8 Å². The van der Waals surface area contributed by atoms with E-state index in [1.165, 1.54) is 0 Å². The molecule has 0 N–H and O–H groups in total. The van der Waals surface area contributed by atoms with Gasteiger partial charge in [0.15, 0.2) is 0 Å². The van der Waals surface area contributed by atoms with E-state index in [-0.39, 0.29) is 24.5 Å². The summed E-state index contributed by atoms with van der Waals surface area (Å²) >= 11 is 3.33. The Morgan fingerprint density at radius 1 is 1.33 bits per heavy atom. The molecule has 0 saturated carbocycles. The van der Waals surface area contributed by atoms with Gasteiger partial charge >= 0.3 is 6.09 Å². The normalized spacial score (nSPS) is 18.5. The Morgan fingerprint density at radius 2 is 2.04 bits per heavy atom. The summed E-state index contributed by atoms with van der Waals surface area (Å²) in [6.07, 6.45) is 1.63. The number of pyridine rings is 1. The molecule has 2 heterocycles. The summed E-state index contributed by atoms with van der Waals surface area (Å²) < 4.78 is 6.31. The van der Waals surface area contributed by atoms with Crippen LogP contribution in [0, 0.1) is 0 Å². The third-order valence-corrected chi connectivity index (χ3v) is 4.20. The maximum atomic E-state index is 12.4. The molecular weight excluding hydrogens is 374 g/mol. The highest BCUT2D eigenvalue weighted by molar-refractivity contribution is 9.10. The molecule has 2 rings (SSSR count). The number of hydrogen-bond donors (Lipinski definition) is 0. The van der Waals surface area contributed by atoms with E-state index in [2.05, 4.69) is 20.9 Å². The number of aromatic nitrogens is 1. The van der Waals surface area contributed by atoms with Crippen molar-refractivity contribution in [2.24, 2.45) is 0 Å². The standard InChI is InChI=1S/C17H24BrN3O3/c1-12-11-20(7-8-21(12)16(23)24-17(2,3)4)15(22)9-14-6-5-13(18)10-19-14/h5-6,10,12H,7-9,11H2,1-4H3. The highest BCUT2D eigenvalue weighted by Gasteiger charge is 2.32. The second-order valence-corrected chi connectivity index (χ2v) is 7.92. The van der Waals surface area contributed by atoms with Crippen LogP contribution in [0.25, 0.3) is 0 Å². The molecule has 0 aromatic carbocycles. The molecule has 1 aromatic heterocycles. The van der Waals surface area contributed by atoms with Crippen LogP contribution in [0.3, 0.4) is 0 Å². The summed E-state index contributed by atoms with van der Waals surface area (Å²) in [7, 11) is 0. The van der Waals surface area contributed by atoms with Crippen LogP contribution >= 0.6 is 15.9 Å². The predicted molar refractivity (Wildman–Crippen MR) is 94.6 cm³/mol. The summed E-state index contributed by atoms with van der Waals surface area (Å²) in [5.74, 6) is 0.0283. The van der Waals surface area contributed by atoms with Crippen LogP contribution in [0.4, 0.5) is 4.79 Å². The Hall–Kier alpha value is -1.63.